The van der Waals surface area contributed by atoms with Crippen LogP contribution in [0.15, 0.2) is 24.3 Å². The number of ketones is 1. The van der Waals surface area contributed by atoms with Crippen molar-refractivity contribution >= 4 is 34.3 Å². The molecule has 0 spiro atoms. The number of nitrogens with one attached hydrogen (secondary N) is 1. The van der Waals surface area contributed by atoms with Crippen molar-refractivity contribution in [3.63, 3.8) is 0 Å². The molecule has 0 aliphatic rings. The average molecular weight is 388 g/mol. The van der Waals surface area contributed by atoms with Gasteiger partial charge in [0.15, 0.2) is 6.61 Å². The van der Waals surface area contributed by atoms with Crippen molar-refractivity contribution in [2.45, 2.75) is 40.2 Å². The van der Waals surface area contributed by atoms with E-state index in [1.807, 2.05) is 31.2 Å². The molecule has 0 radical (unpaired) electrons. The molecule has 2 aromatic heterocycles. The third kappa shape index (κ3) is 3.76. The van der Waals surface area contributed by atoms with Gasteiger partial charge in [-0.15, -0.1) is 0 Å². The van der Waals surface area contributed by atoms with Crippen LogP contribution in [0.2, 0.25) is 5.15 Å². The van der Waals surface area contributed by atoms with E-state index in [-0.39, 0.29) is 23.1 Å². The van der Waals surface area contributed by atoms with Gasteiger partial charge in [0, 0.05) is 28.7 Å². The first kappa shape index (κ1) is 19.2. The predicted molar refractivity (Wildman–Crippen MR) is 105 cm³/mol. The van der Waals surface area contributed by atoms with E-state index in [9.17, 15) is 9.59 Å². The molecule has 2 heterocycles. The fraction of sp³-hybridized carbons (Fsp3) is 0.350. The van der Waals surface area contributed by atoms with Gasteiger partial charge in [0.2, 0.25) is 5.78 Å². The number of ether oxygens (including phenoxy) is 1. The Hall–Kier alpha value is -2.60. The van der Waals surface area contributed by atoms with Crippen LogP contribution in [0.1, 0.15) is 51.9 Å². The van der Waals surface area contributed by atoms with E-state index in [1.54, 1.807) is 11.6 Å². The Morgan fingerprint density at radius 3 is 2.70 bits per heavy atom. The molecule has 142 valence electrons. The predicted octanol–water partition coefficient (Wildman–Crippen LogP) is 4.47. The largest absolute Gasteiger partial charge is 0.454 e. The molecule has 3 rings (SSSR count). The number of benzene rings is 1. The molecule has 0 aliphatic heterocycles. The number of rotatable bonds is 7. The van der Waals surface area contributed by atoms with Crippen LogP contribution in [0.25, 0.3) is 10.9 Å². The number of esters is 1. The SMILES string of the molecule is CCCCn1nc(C)c(C(=O)OCC(=O)c2c(C)[nH]c3ccccc23)c1Cl. The maximum atomic E-state index is 12.6. The lowest BCUT2D eigenvalue weighted by atomic mass is 10.1. The molecule has 0 unspecified atom stereocenters. The molecule has 3 aromatic rings. The van der Waals surface area contributed by atoms with Crippen LogP contribution in [0, 0.1) is 13.8 Å². The highest BCUT2D eigenvalue weighted by Gasteiger charge is 2.23. The smallest absolute Gasteiger partial charge is 0.343 e. The second-order valence-corrected chi connectivity index (χ2v) is 6.86. The zero-order valence-electron chi connectivity index (χ0n) is 15.6. The molecule has 0 saturated heterocycles. The van der Waals surface area contributed by atoms with Gasteiger partial charge in [-0.25, -0.2) is 4.79 Å². The van der Waals surface area contributed by atoms with E-state index in [1.165, 1.54) is 0 Å². The first-order valence-corrected chi connectivity index (χ1v) is 9.32. The van der Waals surface area contributed by atoms with Crippen LogP contribution in [-0.4, -0.2) is 33.1 Å². The Morgan fingerprint density at radius 2 is 1.96 bits per heavy atom. The highest BCUT2D eigenvalue weighted by molar-refractivity contribution is 6.32. The third-order valence-electron chi connectivity index (χ3n) is 4.50. The molecular weight excluding hydrogens is 366 g/mol. The van der Waals surface area contributed by atoms with Gasteiger partial charge in [-0.2, -0.15) is 5.10 Å². The van der Waals surface area contributed by atoms with Crippen LogP contribution in [0.5, 0.6) is 0 Å². The monoisotopic (exact) mass is 387 g/mol. The molecule has 0 amide bonds. The van der Waals surface area contributed by atoms with Crippen molar-refractivity contribution in [2.75, 3.05) is 6.61 Å². The second kappa shape index (κ2) is 7.96. The van der Waals surface area contributed by atoms with Crippen LogP contribution in [-0.2, 0) is 11.3 Å². The van der Waals surface area contributed by atoms with Gasteiger partial charge < -0.3 is 9.72 Å². The minimum atomic E-state index is -0.633. The summed E-state index contributed by atoms with van der Waals surface area (Å²) < 4.78 is 6.86. The number of aromatic amines is 1. The van der Waals surface area contributed by atoms with Crippen molar-refractivity contribution in [1.82, 2.24) is 14.8 Å². The Labute approximate surface area is 162 Å². The number of halogens is 1. The molecule has 7 heteroatoms. The van der Waals surface area contributed by atoms with Gasteiger partial charge in [-0.1, -0.05) is 43.1 Å². The Kier molecular flexibility index (Phi) is 5.65. The lowest BCUT2D eigenvalue weighted by Crippen LogP contribution is -2.15. The van der Waals surface area contributed by atoms with Crippen LogP contribution in [0.4, 0.5) is 0 Å². The quantitative estimate of drug-likeness (QED) is 0.479. The van der Waals surface area contributed by atoms with Crippen LogP contribution in [0.3, 0.4) is 0 Å². The number of unbranched alkanes of at least 4 members (excludes halogenated alkanes) is 1. The summed E-state index contributed by atoms with van der Waals surface area (Å²) in [6.45, 7) is 5.89. The van der Waals surface area contributed by atoms with Crippen LogP contribution >= 0.6 is 11.6 Å². The van der Waals surface area contributed by atoms with E-state index < -0.39 is 5.97 Å². The van der Waals surface area contributed by atoms with Gasteiger partial charge >= 0.3 is 5.97 Å². The number of para-hydroxylation sites is 1. The summed E-state index contributed by atoms with van der Waals surface area (Å²) in [5.74, 6) is -0.892. The van der Waals surface area contributed by atoms with Gasteiger partial charge in [-0.05, 0) is 26.3 Å². The van der Waals surface area contributed by atoms with E-state index in [0.717, 1.165) is 29.4 Å². The van der Waals surface area contributed by atoms with Gasteiger partial charge in [0.05, 0.1) is 5.69 Å². The molecule has 0 saturated carbocycles. The van der Waals surface area contributed by atoms with Gasteiger partial charge in [0.25, 0.3) is 0 Å². The topological polar surface area (TPSA) is 77.0 Å². The molecule has 1 N–H and O–H groups in total. The first-order chi connectivity index (χ1) is 12.9. The summed E-state index contributed by atoms with van der Waals surface area (Å²) in [5, 5.41) is 5.36. The van der Waals surface area contributed by atoms with Crippen molar-refractivity contribution in [1.29, 1.82) is 0 Å². The summed E-state index contributed by atoms with van der Waals surface area (Å²) in [4.78, 5) is 28.3. The molecule has 6 nitrogen and oxygen atoms in total. The lowest BCUT2D eigenvalue weighted by molar-refractivity contribution is 0.0474. The Morgan fingerprint density at radius 1 is 1.22 bits per heavy atom. The maximum absolute atomic E-state index is 12.6. The number of hydrogen-bond donors (Lipinski definition) is 1. The minimum absolute atomic E-state index is 0.219. The summed E-state index contributed by atoms with van der Waals surface area (Å²) in [6.07, 6.45) is 1.90. The summed E-state index contributed by atoms with van der Waals surface area (Å²) in [5.41, 5.74) is 2.88. The highest BCUT2D eigenvalue weighted by Crippen LogP contribution is 2.24. The minimum Gasteiger partial charge on any atom is -0.454 e. The van der Waals surface area contributed by atoms with Crippen molar-refractivity contribution < 1.29 is 14.3 Å². The van der Waals surface area contributed by atoms with E-state index >= 15 is 0 Å². The Bertz CT molecular complexity index is 1000. The van der Waals surface area contributed by atoms with Crippen LogP contribution < -0.4 is 0 Å². The van der Waals surface area contributed by atoms with Crippen molar-refractivity contribution in [2.24, 2.45) is 0 Å². The highest BCUT2D eigenvalue weighted by atomic mass is 35.5. The van der Waals surface area contributed by atoms with E-state index in [0.29, 0.717) is 17.8 Å². The fourth-order valence-electron chi connectivity index (χ4n) is 3.15. The number of hydrogen-bond acceptors (Lipinski definition) is 4. The number of aryl methyl sites for hydroxylation is 3. The third-order valence-corrected chi connectivity index (χ3v) is 4.88. The molecule has 27 heavy (non-hydrogen) atoms. The second-order valence-electron chi connectivity index (χ2n) is 6.50. The first-order valence-electron chi connectivity index (χ1n) is 8.94. The normalized spacial score (nSPS) is 11.1. The number of carbonyl (C=O) groups is 2. The molecule has 0 fully saturated rings. The van der Waals surface area contributed by atoms with Crippen molar-refractivity contribution in [3.8, 4) is 0 Å². The lowest BCUT2D eigenvalue weighted by Gasteiger charge is -2.05. The number of fused-ring (bicyclic) bond motifs is 1. The summed E-state index contributed by atoms with van der Waals surface area (Å²) in [6, 6.07) is 7.53. The molecule has 0 bridgehead atoms. The maximum Gasteiger partial charge on any atom is 0.343 e. The number of carbonyl (C=O) groups excluding carboxylic acids is 2. The zero-order valence-corrected chi connectivity index (χ0v) is 16.4. The zero-order chi connectivity index (χ0) is 19.6. The average Bonchev–Trinajstić information content (AvgIpc) is 3.12. The molecule has 0 atom stereocenters. The van der Waals surface area contributed by atoms with E-state index in [4.69, 9.17) is 16.3 Å². The van der Waals surface area contributed by atoms with Crippen molar-refractivity contribution in [3.05, 3.63) is 51.9 Å². The number of nitrogens with zero attached hydrogens (tertiary/aromatic N) is 2. The van der Waals surface area contributed by atoms with E-state index in [2.05, 4.69) is 17.0 Å². The van der Waals surface area contributed by atoms with Gasteiger partial charge in [0.1, 0.15) is 10.7 Å². The number of H-pyrrole nitrogens is 1. The molecular formula is C20H22ClN3O3. The summed E-state index contributed by atoms with van der Waals surface area (Å²) >= 11 is 6.29. The van der Waals surface area contributed by atoms with Gasteiger partial charge in [-0.3, -0.25) is 9.48 Å². The fourth-order valence-corrected chi connectivity index (χ4v) is 3.49. The number of Topliss-reactive ketones (excluding diaryl/α,β-unsaturated/α-hetero) is 1. The number of aromatic nitrogens is 3. The standard InChI is InChI=1S/C20H22ClN3O3/c1-4-5-10-24-19(21)18(13(3)23-24)20(26)27-11-16(25)17-12(2)22-15-9-7-6-8-14(15)17/h6-9,22H,4-5,10-11H2,1-3H3. The molecule has 1 aromatic carbocycles. The summed E-state index contributed by atoms with van der Waals surface area (Å²) in [7, 11) is 0. The molecule has 0 aliphatic carbocycles. The Balaban J connectivity index is 1.75.